The number of benzene rings is 3. The molecular weight excluding hydrogens is 326 g/mol. The second-order valence-electron chi connectivity index (χ2n) is 5.22. The molecule has 0 bridgehead atoms. The van der Waals surface area contributed by atoms with Gasteiger partial charge in [0.15, 0.2) is 5.96 Å². The summed E-state index contributed by atoms with van der Waals surface area (Å²) < 4.78 is 0. The largest absolute Gasteiger partial charge is 0.506 e. The number of rotatable bonds is 2. The van der Waals surface area contributed by atoms with Crippen molar-refractivity contribution in [1.29, 1.82) is 0 Å². The van der Waals surface area contributed by atoms with Crippen molar-refractivity contribution >= 4 is 34.2 Å². The maximum Gasteiger partial charge on any atom is 0.280 e. The second-order valence-corrected chi connectivity index (χ2v) is 5.63. The van der Waals surface area contributed by atoms with Crippen LogP contribution in [0.25, 0.3) is 21.9 Å². The second kappa shape index (κ2) is 6.22. The third-order valence-electron chi connectivity index (χ3n) is 3.64. The van der Waals surface area contributed by atoms with E-state index >= 15 is 0 Å². The topological polar surface area (TPSA) is 102 Å². The third-order valence-corrected chi connectivity index (χ3v) is 3.94. The first-order chi connectivity index (χ1) is 11.5. The zero-order chi connectivity index (χ0) is 17.3. The van der Waals surface area contributed by atoms with Crippen LogP contribution in [0.3, 0.4) is 0 Å². The number of para-hydroxylation sites is 1. The van der Waals surface area contributed by atoms with Crippen molar-refractivity contribution in [1.82, 2.24) is 0 Å². The molecule has 0 radical (unpaired) electrons. The molecule has 0 aliphatic carbocycles. The molecule has 0 atom stereocenters. The number of carbonyl (C=O) groups is 1. The van der Waals surface area contributed by atoms with Crippen LogP contribution in [0, 0.1) is 0 Å². The molecule has 1 amide bonds. The molecule has 120 valence electrons. The lowest BCUT2D eigenvalue weighted by atomic mass is 9.96. The van der Waals surface area contributed by atoms with E-state index in [0.29, 0.717) is 11.1 Å². The molecular formula is C18H14ClN3O2. The number of halogens is 1. The molecule has 0 saturated heterocycles. The number of amides is 1. The van der Waals surface area contributed by atoms with Gasteiger partial charge < -0.3 is 16.6 Å². The quantitative estimate of drug-likeness (QED) is 0.492. The Kier molecular flexibility index (Phi) is 4.10. The Morgan fingerprint density at radius 3 is 2.46 bits per heavy atom. The van der Waals surface area contributed by atoms with Gasteiger partial charge >= 0.3 is 0 Å². The summed E-state index contributed by atoms with van der Waals surface area (Å²) in [6, 6.07) is 15.9. The van der Waals surface area contributed by atoms with Crippen LogP contribution < -0.4 is 11.5 Å². The van der Waals surface area contributed by atoms with Crippen LogP contribution in [0.15, 0.2) is 59.6 Å². The highest BCUT2D eigenvalue weighted by molar-refractivity contribution is 6.32. The number of aliphatic imine (C=N–C) groups is 1. The van der Waals surface area contributed by atoms with Crippen molar-refractivity contribution in [3.05, 3.63) is 65.2 Å². The third kappa shape index (κ3) is 2.89. The molecule has 0 aromatic heterocycles. The molecule has 3 aromatic rings. The number of fused-ring (bicyclic) bond motifs is 1. The van der Waals surface area contributed by atoms with Crippen molar-refractivity contribution in [2.75, 3.05) is 0 Å². The van der Waals surface area contributed by atoms with Gasteiger partial charge in [0.05, 0.1) is 5.02 Å². The highest BCUT2D eigenvalue weighted by atomic mass is 35.5. The fourth-order valence-electron chi connectivity index (χ4n) is 2.56. The lowest BCUT2D eigenvalue weighted by Crippen LogP contribution is -2.24. The Morgan fingerprint density at radius 2 is 1.71 bits per heavy atom. The van der Waals surface area contributed by atoms with Gasteiger partial charge in [0.25, 0.3) is 5.91 Å². The number of hydrogen-bond acceptors (Lipinski definition) is 2. The van der Waals surface area contributed by atoms with Gasteiger partial charge in [-0.25, -0.2) is 0 Å². The highest BCUT2D eigenvalue weighted by Gasteiger charge is 2.12. The van der Waals surface area contributed by atoms with Crippen LogP contribution >= 0.6 is 11.6 Å². The van der Waals surface area contributed by atoms with Crippen molar-refractivity contribution in [2.24, 2.45) is 16.5 Å². The van der Waals surface area contributed by atoms with Crippen LogP contribution in [0.5, 0.6) is 5.75 Å². The smallest absolute Gasteiger partial charge is 0.280 e. The maximum absolute atomic E-state index is 12.0. The molecule has 3 aromatic carbocycles. The van der Waals surface area contributed by atoms with E-state index in [4.69, 9.17) is 23.1 Å². The molecule has 0 saturated carbocycles. The minimum atomic E-state index is -0.526. The van der Waals surface area contributed by atoms with Gasteiger partial charge in [0, 0.05) is 11.1 Å². The van der Waals surface area contributed by atoms with Gasteiger partial charge in [0.2, 0.25) is 0 Å². The van der Waals surface area contributed by atoms with Crippen LogP contribution in [-0.4, -0.2) is 17.0 Å². The van der Waals surface area contributed by atoms with Crippen molar-refractivity contribution in [3.63, 3.8) is 0 Å². The minimum Gasteiger partial charge on any atom is -0.506 e. The summed E-state index contributed by atoms with van der Waals surface area (Å²) in [6.45, 7) is 0. The van der Waals surface area contributed by atoms with Crippen LogP contribution in [0.1, 0.15) is 10.4 Å². The number of phenols is 1. The zero-order valence-electron chi connectivity index (χ0n) is 12.5. The van der Waals surface area contributed by atoms with Gasteiger partial charge in [-0.15, -0.1) is 0 Å². The molecule has 6 heteroatoms. The molecule has 0 unspecified atom stereocenters. The van der Waals surface area contributed by atoms with E-state index in [-0.39, 0.29) is 16.7 Å². The number of aromatic hydroxyl groups is 1. The first kappa shape index (κ1) is 15.8. The maximum atomic E-state index is 12.0. The van der Waals surface area contributed by atoms with E-state index in [9.17, 15) is 9.90 Å². The van der Waals surface area contributed by atoms with E-state index in [2.05, 4.69) is 4.99 Å². The van der Waals surface area contributed by atoms with Crippen molar-refractivity contribution in [3.8, 4) is 16.9 Å². The molecule has 5 N–H and O–H groups in total. The zero-order valence-corrected chi connectivity index (χ0v) is 13.3. The number of nitrogens with two attached hydrogens (primary N) is 2. The number of carbonyl (C=O) groups excluding carboxylic acids is 1. The molecule has 0 fully saturated rings. The Labute approximate surface area is 143 Å². The molecule has 0 aliphatic rings. The average molecular weight is 340 g/mol. The Bertz CT molecular complexity index is 979. The van der Waals surface area contributed by atoms with Gasteiger partial charge in [-0.1, -0.05) is 48.0 Å². The predicted octanol–water partition coefficient (Wildman–Crippen LogP) is 3.28. The summed E-state index contributed by atoms with van der Waals surface area (Å²) in [5.41, 5.74) is 12.2. The van der Waals surface area contributed by atoms with Gasteiger partial charge in [0.1, 0.15) is 5.75 Å². The summed E-state index contributed by atoms with van der Waals surface area (Å²) >= 11 is 6.00. The number of nitrogens with zero attached hydrogens (tertiary/aromatic N) is 1. The highest BCUT2D eigenvalue weighted by Crippen LogP contribution is 2.38. The molecule has 0 aliphatic heterocycles. The predicted molar refractivity (Wildman–Crippen MR) is 96.2 cm³/mol. The fourth-order valence-corrected chi connectivity index (χ4v) is 2.73. The van der Waals surface area contributed by atoms with E-state index in [1.165, 1.54) is 0 Å². The van der Waals surface area contributed by atoms with E-state index < -0.39 is 5.91 Å². The van der Waals surface area contributed by atoms with Crippen LogP contribution in [-0.2, 0) is 0 Å². The summed E-state index contributed by atoms with van der Waals surface area (Å²) in [5, 5.41) is 12.2. The Balaban J connectivity index is 2.24. The monoisotopic (exact) mass is 339 g/mol. The van der Waals surface area contributed by atoms with E-state index in [0.717, 1.165) is 16.3 Å². The van der Waals surface area contributed by atoms with Crippen molar-refractivity contribution < 1.29 is 9.90 Å². The normalized spacial score (nSPS) is 10.5. The summed E-state index contributed by atoms with van der Waals surface area (Å²) in [6.07, 6.45) is 0. The molecule has 24 heavy (non-hydrogen) atoms. The van der Waals surface area contributed by atoms with Crippen molar-refractivity contribution in [2.45, 2.75) is 0 Å². The first-order valence-corrected chi connectivity index (χ1v) is 7.50. The first-order valence-electron chi connectivity index (χ1n) is 7.12. The standard InChI is InChI=1S/C18H14ClN3O2/c19-15-6-2-5-13(16(15)23)12-4-1-3-10-7-8-11(9-14(10)12)17(24)22-18(20)21/h1-9,23H,(H4,20,21,22,24). The summed E-state index contributed by atoms with van der Waals surface area (Å²) in [7, 11) is 0. The molecule has 5 nitrogen and oxygen atoms in total. The van der Waals surface area contributed by atoms with Crippen LogP contribution in [0.4, 0.5) is 0 Å². The molecule has 0 heterocycles. The number of hydrogen-bond donors (Lipinski definition) is 3. The fraction of sp³-hybridized carbons (Fsp3) is 0. The van der Waals surface area contributed by atoms with Crippen LogP contribution in [0.2, 0.25) is 5.02 Å². The number of guanidine groups is 1. The molecule has 3 rings (SSSR count). The van der Waals surface area contributed by atoms with E-state index in [1.807, 2.05) is 18.2 Å². The average Bonchev–Trinajstić information content (AvgIpc) is 2.56. The lowest BCUT2D eigenvalue weighted by Gasteiger charge is -2.10. The summed E-state index contributed by atoms with van der Waals surface area (Å²) in [4.78, 5) is 15.6. The SMILES string of the molecule is NC(N)=NC(=O)c1ccc2cccc(-c3cccc(Cl)c3O)c2c1. The Hall–Kier alpha value is -3.05. The summed E-state index contributed by atoms with van der Waals surface area (Å²) in [5.74, 6) is -0.824. The van der Waals surface area contributed by atoms with Gasteiger partial charge in [-0.3, -0.25) is 4.79 Å². The minimum absolute atomic E-state index is 0.00683. The molecule has 0 spiro atoms. The van der Waals surface area contributed by atoms with Gasteiger partial charge in [-0.2, -0.15) is 4.99 Å². The Morgan fingerprint density at radius 1 is 1.00 bits per heavy atom. The number of phenolic OH excluding ortho intramolecular Hbond substituents is 1. The van der Waals surface area contributed by atoms with E-state index in [1.54, 1.807) is 36.4 Å². The van der Waals surface area contributed by atoms with Gasteiger partial charge in [-0.05, 0) is 34.5 Å². The lowest BCUT2D eigenvalue weighted by molar-refractivity contribution is 0.100.